The topological polar surface area (TPSA) is 59.4 Å². The molecule has 1 heterocycles. The number of pyridine rings is 1. The second-order valence-corrected chi connectivity index (χ2v) is 4.13. The number of nitrogens with zero attached hydrogens (tertiary/aromatic N) is 1. The van der Waals surface area contributed by atoms with Gasteiger partial charge in [0.1, 0.15) is 6.10 Å². The number of carbonyl (C=O) groups is 1. The minimum atomic E-state index is -4.42. The van der Waals surface area contributed by atoms with Gasteiger partial charge in [-0.05, 0) is 18.9 Å². The van der Waals surface area contributed by atoms with E-state index in [2.05, 4.69) is 4.98 Å². The lowest BCUT2D eigenvalue weighted by Gasteiger charge is -2.31. The average Bonchev–Trinajstić information content (AvgIpc) is 2.21. The molecule has 0 unspecified atom stereocenters. The van der Waals surface area contributed by atoms with Gasteiger partial charge in [0.05, 0.1) is 11.5 Å². The Morgan fingerprint density at radius 3 is 2.50 bits per heavy atom. The van der Waals surface area contributed by atoms with Crippen molar-refractivity contribution in [2.24, 2.45) is 5.92 Å². The van der Waals surface area contributed by atoms with Crippen molar-refractivity contribution >= 4 is 5.97 Å². The summed E-state index contributed by atoms with van der Waals surface area (Å²) in [5.41, 5.74) is -0.841. The molecule has 1 fully saturated rings. The van der Waals surface area contributed by atoms with Crippen LogP contribution >= 0.6 is 0 Å². The molecule has 2 rings (SSSR count). The molecule has 18 heavy (non-hydrogen) atoms. The number of alkyl halides is 3. The molecule has 0 bridgehead atoms. The minimum Gasteiger partial charge on any atom is -0.481 e. The number of aliphatic carboxylic acids is 1. The van der Waals surface area contributed by atoms with Crippen LogP contribution in [0, 0.1) is 5.92 Å². The van der Waals surface area contributed by atoms with Gasteiger partial charge in [-0.1, -0.05) is 0 Å². The monoisotopic (exact) mass is 261 g/mol. The fourth-order valence-corrected chi connectivity index (χ4v) is 1.65. The van der Waals surface area contributed by atoms with E-state index in [1.165, 1.54) is 0 Å². The standard InChI is InChI=1S/C11H10F3NO3/c12-11(13,14)7-1-2-9(15-5-7)18-8-3-6(4-8)10(16)17/h1-2,5-6,8H,3-4H2,(H,16,17). The number of carboxylic acids is 1. The van der Waals surface area contributed by atoms with Gasteiger partial charge >= 0.3 is 12.1 Å². The largest absolute Gasteiger partial charge is 0.481 e. The molecule has 1 N–H and O–H groups in total. The first-order chi connectivity index (χ1) is 8.36. The highest BCUT2D eigenvalue weighted by atomic mass is 19.4. The van der Waals surface area contributed by atoms with Crippen molar-refractivity contribution < 1.29 is 27.8 Å². The Morgan fingerprint density at radius 1 is 1.39 bits per heavy atom. The first-order valence-electron chi connectivity index (χ1n) is 5.29. The molecule has 1 saturated carbocycles. The van der Waals surface area contributed by atoms with Gasteiger partial charge in [0, 0.05) is 12.3 Å². The molecule has 0 amide bonds. The molecule has 0 radical (unpaired) electrons. The third-order valence-electron chi connectivity index (χ3n) is 2.80. The third kappa shape index (κ3) is 2.72. The highest BCUT2D eigenvalue weighted by Crippen LogP contribution is 2.32. The van der Waals surface area contributed by atoms with Gasteiger partial charge < -0.3 is 9.84 Å². The van der Waals surface area contributed by atoms with E-state index in [0.717, 1.165) is 12.1 Å². The van der Waals surface area contributed by atoms with Crippen LogP contribution in [-0.2, 0) is 11.0 Å². The van der Waals surface area contributed by atoms with E-state index in [1.54, 1.807) is 0 Å². The second kappa shape index (κ2) is 4.47. The molecule has 98 valence electrons. The summed E-state index contributed by atoms with van der Waals surface area (Å²) >= 11 is 0. The lowest BCUT2D eigenvalue weighted by Crippen LogP contribution is -2.38. The first-order valence-corrected chi connectivity index (χ1v) is 5.29. The van der Waals surface area contributed by atoms with Crippen LogP contribution in [0.3, 0.4) is 0 Å². The first kappa shape index (κ1) is 12.7. The van der Waals surface area contributed by atoms with Gasteiger partial charge in [0.25, 0.3) is 0 Å². The zero-order valence-electron chi connectivity index (χ0n) is 9.15. The van der Waals surface area contributed by atoms with Crippen molar-refractivity contribution in [3.05, 3.63) is 23.9 Å². The molecular formula is C11H10F3NO3. The Morgan fingerprint density at radius 2 is 2.06 bits per heavy atom. The van der Waals surface area contributed by atoms with E-state index in [-0.39, 0.29) is 12.0 Å². The Kier molecular flexibility index (Phi) is 3.14. The molecule has 0 spiro atoms. The maximum absolute atomic E-state index is 12.3. The normalized spacial score (nSPS) is 23.3. The minimum absolute atomic E-state index is 0.0804. The van der Waals surface area contributed by atoms with E-state index in [9.17, 15) is 18.0 Å². The van der Waals surface area contributed by atoms with Crippen LogP contribution in [0.15, 0.2) is 18.3 Å². The summed E-state index contributed by atoms with van der Waals surface area (Å²) < 4.78 is 42.0. The Balaban J connectivity index is 1.90. The predicted molar refractivity (Wildman–Crippen MR) is 54.0 cm³/mol. The quantitative estimate of drug-likeness (QED) is 0.907. The lowest BCUT2D eigenvalue weighted by molar-refractivity contribution is -0.148. The molecular weight excluding hydrogens is 251 g/mol. The summed E-state index contributed by atoms with van der Waals surface area (Å²) in [6.07, 6.45) is -3.29. The molecule has 0 aliphatic heterocycles. The molecule has 0 aromatic carbocycles. The zero-order valence-corrected chi connectivity index (χ0v) is 9.15. The average molecular weight is 261 g/mol. The van der Waals surface area contributed by atoms with Crippen LogP contribution in [-0.4, -0.2) is 22.2 Å². The van der Waals surface area contributed by atoms with Crippen molar-refractivity contribution in [3.8, 4) is 5.88 Å². The number of hydrogen-bond acceptors (Lipinski definition) is 3. The second-order valence-electron chi connectivity index (χ2n) is 4.13. The van der Waals surface area contributed by atoms with Gasteiger partial charge in [0.15, 0.2) is 0 Å². The summed E-state index contributed by atoms with van der Waals surface area (Å²) in [6.45, 7) is 0. The van der Waals surface area contributed by atoms with Crippen molar-refractivity contribution in [3.63, 3.8) is 0 Å². The smallest absolute Gasteiger partial charge is 0.417 e. The predicted octanol–water partition coefficient (Wildman–Crippen LogP) is 2.34. The SMILES string of the molecule is O=C(O)C1CC(Oc2ccc(C(F)(F)F)cn2)C1. The van der Waals surface area contributed by atoms with E-state index < -0.39 is 23.6 Å². The van der Waals surface area contributed by atoms with Crippen LogP contribution < -0.4 is 4.74 Å². The highest BCUT2D eigenvalue weighted by Gasteiger charge is 2.36. The third-order valence-corrected chi connectivity index (χ3v) is 2.80. The Labute approximate surface area is 100 Å². The number of aromatic nitrogens is 1. The number of halogens is 3. The van der Waals surface area contributed by atoms with Gasteiger partial charge in [0.2, 0.25) is 5.88 Å². The van der Waals surface area contributed by atoms with E-state index in [1.807, 2.05) is 0 Å². The van der Waals surface area contributed by atoms with E-state index >= 15 is 0 Å². The maximum Gasteiger partial charge on any atom is 0.417 e. The number of carboxylic acid groups (broad SMARTS) is 1. The van der Waals surface area contributed by atoms with Crippen LogP contribution in [0.4, 0.5) is 13.2 Å². The highest BCUT2D eigenvalue weighted by molar-refractivity contribution is 5.71. The van der Waals surface area contributed by atoms with Crippen LogP contribution in [0.5, 0.6) is 5.88 Å². The summed E-state index contributed by atoms with van der Waals surface area (Å²) in [5.74, 6) is -1.23. The molecule has 1 aliphatic rings. The molecule has 4 nitrogen and oxygen atoms in total. The summed E-state index contributed by atoms with van der Waals surface area (Å²) in [6, 6.07) is 2.02. The van der Waals surface area contributed by atoms with Gasteiger partial charge in [-0.25, -0.2) is 4.98 Å². The van der Waals surface area contributed by atoms with Crippen molar-refractivity contribution in [1.82, 2.24) is 4.98 Å². The molecule has 1 aromatic rings. The van der Waals surface area contributed by atoms with Crippen LogP contribution in [0.25, 0.3) is 0 Å². The maximum atomic E-state index is 12.3. The molecule has 0 saturated heterocycles. The van der Waals surface area contributed by atoms with Gasteiger partial charge in [-0.2, -0.15) is 13.2 Å². The fourth-order valence-electron chi connectivity index (χ4n) is 1.65. The molecule has 1 aliphatic carbocycles. The number of rotatable bonds is 3. The van der Waals surface area contributed by atoms with Crippen LogP contribution in [0.1, 0.15) is 18.4 Å². The lowest BCUT2D eigenvalue weighted by atomic mass is 9.82. The van der Waals surface area contributed by atoms with Crippen molar-refractivity contribution in [2.75, 3.05) is 0 Å². The molecule has 7 heteroatoms. The zero-order chi connectivity index (χ0) is 13.3. The number of hydrogen-bond donors (Lipinski definition) is 1. The van der Waals surface area contributed by atoms with E-state index in [4.69, 9.17) is 9.84 Å². The van der Waals surface area contributed by atoms with E-state index in [0.29, 0.717) is 19.0 Å². The van der Waals surface area contributed by atoms with Crippen molar-refractivity contribution in [2.45, 2.75) is 25.1 Å². The van der Waals surface area contributed by atoms with Gasteiger partial charge in [-0.15, -0.1) is 0 Å². The summed E-state index contributed by atoms with van der Waals surface area (Å²) in [7, 11) is 0. The summed E-state index contributed by atoms with van der Waals surface area (Å²) in [4.78, 5) is 14.1. The summed E-state index contributed by atoms with van der Waals surface area (Å²) in [5, 5.41) is 8.65. The van der Waals surface area contributed by atoms with Crippen LogP contribution in [0.2, 0.25) is 0 Å². The van der Waals surface area contributed by atoms with Gasteiger partial charge in [-0.3, -0.25) is 4.79 Å². The number of ether oxygens (including phenoxy) is 1. The molecule has 0 atom stereocenters. The Bertz CT molecular complexity index is 438. The molecule has 1 aromatic heterocycles. The fraction of sp³-hybridized carbons (Fsp3) is 0.455. The van der Waals surface area contributed by atoms with Crippen molar-refractivity contribution in [1.29, 1.82) is 0 Å². The Hall–Kier alpha value is -1.79.